The predicted octanol–water partition coefficient (Wildman–Crippen LogP) is -1.30. The van der Waals surface area contributed by atoms with E-state index in [2.05, 4.69) is 0 Å². The van der Waals surface area contributed by atoms with Gasteiger partial charge in [0, 0.05) is 5.41 Å². The molecule has 3 heterocycles. The molecule has 0 aromatic heterocycles. The summed E-state index contributed by atoms with van der Waals surface area (Å²) in [6.45, 7) is 4.76. The monoisotopic (exact) mass is 316 g/mol. The lowest BCUT2D eigenvalue weighted by atomic mass is 9.44. The van der Waals surface area contributed by atoms with Crippen LogP contribution in [0.1, 0.15) is 33.6 Å². The van der Waals surface area contributed by atoms with E-state index in [4.69, 9.17) is 9.47 Å². The lowest BCUT2D eigenvalue weighted by Gasteiger charge is -2.67. The SMILES string of the molecule is C[C@@H]1C[C@@H](O)[C@@]2(O)[C@@]13C[C@H]1O[C@](O)(OC[C@]2(C)[C@@]1(C)O)[C@@H]3O. The minimum Gasteiger partial charge on any atom is -0.390 e. The van der Waals surface area contributed by atoms with Gasteiger partial charge in [0.1, 0.15) is 11.7 Å². The average Bonchev–Trinajstić information content (AvgIpc) is 2.58. The minimum atomic E-state index is -2.28. The van der Waals surface area contributed by atoms with Crippen molar-refractivity contribution in [3.05, 3.63) is 0 Å². The summed E-state index contributed by atoms with van der Waals surface area (Å²) in [5.41, 5.74) is -5.80. The molecule has 0 aromatic carbocycles. The van der Waals surface area contributed by atoms with E-state index < -0.39 is 46.3 Å². The highest BCUT2D eigenvalue weighted by Gasteiger charge is 2.86. The zero-order chi connectivity index (χ0) is 16.3. The fourth-order valence-corrected chi connectivity index (χ4v) is 5.84. The molecule has 5 rings (SSSR count). The van der Waals surface area contributed by atoms with E-state index in [9.17, 15) is 25.5 Å². The highest BCUT2D eigenvalue weighted by atomic mass is 16.8. The molecule has 3 saturated heterocycles. The molecular weight excluding hydrogens is 292 g/mol. The van der Waals surface area contributed by atoms with Gasteiger partial charge in [0.25, 0.3) is 0 Å². The normalized spacial score (nSPS) is 69.8. The van der Waals surface area contributed by atoms with Crippen molar-refractivity contribution in [3.63, 3.8) is 0 Å². The summed E-state index contributed by atoms with van der Waals surface area (Å²) < 4.78 is 10.9. The smallest absolute Gasteiger partial charge is 0.309 e. The van der Waals surface area contributed by atoms with Crippen molar-refractivity contribution in [2.45, 2.75) is 69.1 Å². The van der Waals surface area contributed by atoms with Crippen LogP contribution in [0, 0.1) is 16.7 Å². The molecule has 5 fully saturated rings. The van der Waals surface area contributed by atoms with Gasteiger partial charge in [-0.05, 0) is 25.7 Å². The van der Waals surface area contributed by atoms with Crippen LogP contribution < -0.4 is 0 Å². The zero-order valence-electron chi connectivity index (χ0n) is 13.0. The quantitative estimate of drug-likeness (QED) is 0.377. The second-order valence-electron chi connectivity index (χ2n) is 8.07. The third-order valence-corrected chi connectivity index (χ3v) is 7.47. The van der Waals surface area contributed by atoms with E-state index in [0.29, 0.717) is 0 Å². The molecule has 3 aliphatic heterocycles. The topological polar surface area (TPSA) is 120 Å². The summed E-state index contributed by atoms with van der Waals surface area (Å²) in [4.78, 5) is 0. The van der Waals surface area contributed by atoms with Crippen LogP contribution in [0.25, 0.3) is 0 Å². The summed E-state index contributed by atoms with van der Waals surface area (Å²) in [5, 5.41) is 54.8. The molecule has 4 bridgehead atoms. The van der Waals surface area contributed by atoms with Crippen molar-refractivity contribution in [2.75, 3.05) is 6.61 Å². The molecule has 2 saturated carbocycles. The Morgan fingerprint density at radius 1 is 1.09 bits per heavy atom. The average molecular weight is 316 g/mol. The van der Waals surface area contributed by atoms with E-state index >= 15 is 0 Å². The Morgan fingerprint density at radius 2 is 1.73 bits per heavy atom. The van der Waals surface area contributed by atoms with E-state index in [1.54, 1.807) is 6.92 Å². The van der Waals surface area contributed by atoms with Crippen LogP contribution in [-0.4, -0.2) is 67.6 Å². The molecule has 2 aliphatic carbocycles. The van der Waals surface area contributed by atoms with Gasteiger partial charge in [-0.2, -0.15) is 0 Å². The first-order chi connectivity index (χ1) is 9.97. The van der Waals surface area contributed by atoms with Crippen LogP contribution in [0.4, 0.5) is 0 Å². The maximum Gasteiger partial charge on any atom is 0.309 e. The fraction of sp³-hybridized carbons (Fsp3) is 1.00. The highest BCUT2D eigenvalue weighted by molar-refractivity contribution is 5.32. The van der Waals surface area contributed by atoms with Gasteiger partial charge in [-0.1, -0.05) is 13.8 Å². The van der Waals surface area contributed by atoms with Crippen molar-refractivity contribution in [2.24, 2.45) is 16.7 Å². The van der Waals surface area contributed by atoms with Gasteiger partial charge in [0.2, 0.25) is 0 Å². The summed E-state index contributed by atoms with van der Waals surface area (Å²) in [7, 11) is 0. The van der Waals surface area contributed by atoms with Gasteiger partial charge >= 0.3 is 5.97 Å². The third-order valence-electron chi connectivity index (χ3n) is 7.47. The van der Waals surface area contributed by atoms with Crippen molar-refractivity contribution < 1.29 is 35.0 Å². The summed E-state index contributed by atoms with van der Waals surface area (Å²) in [6.07, 6.45) is -3.01. The van der Waals surface area contributed by atoms with Crippen molar-refractivity contribution in [1.29, 1.82) is 0 Å². The Morgan fingerprint density at radius 3 is 2.36 bits per heavy atom. The molecule has 5 N–H and O–H groups in total. The van der Waals surface area contributed by atoms with Crippen molar-refractivity contribution in [3.8, 4) is 0 Å². The Balaban J connectivity index is 2.07. The second kappa shape index (κ2) is 3.69. The van der Waals surface area contributed by atoms with Crippen LogP contribution in [-0.2, 0) is 9.47 Å². The van der Waals surface area contributed by atoms with Crippen LogP contribution >= 0.6 is 0 Å². The number of rotatable bonds is 0. The van der Waals surface area contributed by atoms with E-state index in [1.165, 1.54) is 6.92 Å². The van der Waals surface area contributed by atoms with Gasteiger partial charge in [0.05, 0.1) is 29.8 Å². The molecule has 0 radical (unpaired) electrons. The Labute approximate surface area is 128 Å². The molecular formula is C15H24O7. The third kappa shape index (κ3) is 1.14. The number of ether oxygens (including phenoxy) is 2. The lowest BCUT2D eigenvalue weighted by molar-refractivity contribution is -0.460. The van der Waals surface area contributed by atoms with Crippen LogP contribution in [0.15, 0.2) is 0 Å². The molecule has 0 aromatic rings. The van der Waals surface area contributed by atoms with Crippen LogP contribution in [0.2, 0.25) is 0 Å². The first kappa shape index (κ1) is 15.3. The highest BCUT2D eigenvalue weighted by Crippen LogP contribution is 2.73. The minimum absolute atomic E-state index is 0.150. The van der Waals surface area contributed by atoms with Crippen molar-refractivity contribution >= 4 is 0 Å². The molecule has 22 heavy (non-hydrogen) atoms. The first-order valence-electron chi connectivity index (χ1n) is 7.82. The van der Waals surface area contributed by atoms with Gasteiger partial charge < -0.3 is 35.0 Å². The first-order valence-corrected chi connectivity index (χ1v) is 7.82. The fourth-order valence-electron chi connectivity index (χ4n) is 5.84. The Kier molecular flexibility index (Phi) is 2.56. The molecule has 9 atom stereocenters. The van der Waals surface area contributed by atoms with Gasteiger partial charge in [-0.3, -0.25) is 0 Å². The summed E-state index contributed by atoms with van der Waals surface area (Å²) in [5.74, 6) is -2.55. The number of fused-ring (bicyclic) bond motifs is 1. The molecule has 0 amide bonds. The maximum absolute atomic E-state index is 11.6. The number of aliphatic hydroxyl groups is 5. The molecule has 0 unspecified atom stereocenters. The summed E-state index contributed by atoms with van der Waals surface area (Å²) in [6, 6.07) is 0. The van der Waals surface area contributed by atoms with Gasteiger partial charge in [-0.15, -0.1) is 0 Å². The number of aliphatic hydroxyl groups excluding tert-OH is 2. The Hall–Kier alpha value is -0.280. The molecule has 1 spiro atoms. The van der Waals surface area contributed by atoms with Crippen molar-refractivity contribution in [1.82, 2.24) is 0 Å². The largest absolute Gasteiger partial charge is 0.390 e. The maximum atomic E-state index is 11.6. The number of hydrogen-bond acceptors (Lipinski definition) is 7. The van der Waals surface area contributed by atoms with Gasteiger partial charge in [0.15, 0.2) is 0 Å². The number of hydrogen-bond donors (Lipinski definition) is 5. The molecule has 7 heteroatoms. The Bertz CT molecular complexity index is 530. The van der Waals surface area contributed by atoms with E-state index in [0.717, 1.165) is 0 Å². The van der Waals surface area contributed by atoms with Gasteiger partial charge in [-0.25, -0.2) is 0 Å². The zero-order valence-corrected chi connectivity index (χ0v) is 13.0. The van der Waals surface area contributed by atoms with Crippen LogP contribution in [0.3, 0.4) is 0 Å². The summed E-state index contributed by atoms with van der Waals surface area (Å²) >= 11 is 0. The molecule has 5 aliphatic rings. The second-order valence-corrected chi connectivity index (χ2v) is 8.07. The standard InChI is InChI=1S/C15H24O7/c1-7-4-8(16)14(19)11(2)6-21-15(20)10(17)13(7,14)5-9(22-15)12(11,3)18/h7-10,16-20H,4-6H2,1-3H3/t7-,8-,9-,10-,11-,12+,13+,14+,15-/m1/s1. The van der Waals surface area contributed by atoms with Crippen LogP contribution in [0.5, 0.6) is 0 Å². The molecule has 7 nitrogen and oxygen atoms in total. The predicted molar refractivity (Wildman–Crippen MR) is 72.3 cm³/mol. The van der Waals surface area contributed by atoms with E-state index in [-0.39, 0.29) is 25.4 Å². The molecule has 126 valence electrons. The lowest BCUT2D eigenvalue weighted by Crippen LogP contribution is -2.82. The van der Waals surface area contributed by atoms with E-state index in [1.807, 2.05) is 6.92 Å².